The van der Waals surface area contributed by atoms with Crippen LogP contribution in [-0.2, 0) is 9.13 Å². The molecule has 0 spiro atoms. The van der Waals surface area contributed by atoms with Crippen molar-refractivity contribution in [1.29, 1.82) is 0 Å². The normalized spacial score (nSPS) is 18.6. The average Bonchev–Trinajstić information content (AvgIpc) is 3.37. The monoisotopic (exact) mass is 912 g/mol. The van der Waals surface area contributed by atoms with Crippen LogP contribution in [0.15, 0.2) is 206 Å². The maximum atomic E-state index is 17.5. The van der Waals surface area contributed by atoms with Crippen molar-refractivity contribution in [2.75, 3.05) is 19.6 Å². The molecule has 16 rings (SSSR count). The summed E-state index contributed by atoms with van der Waals surface area (Å²) in [6.07, 6.45) is 0. The van der Waals surface area contributed by atoms with Gasteiger partial charge in [0.15, 0.2) is 20.0 Å². The second-order valence-corrected chi connectivity index (χ2v) is 23.0. The third-order valence-electron chi connectivity index (χ3n) is 14.5. The largest absolute Gasteiger partial charge is 0.456 e. The van der Waals surface area contributed by atoms with Gasteiger partial charge >= 0.3 is 0 Å². The molecule has 0 aliphatic carbocycles. The van der Waals surface area contributed by atoms with E-state index in [1.54, 1.807) is 0 Å². The molecule has 6 aliphatic heterocycles. The summed E-state index contributed by atoms with van der Waals surface area (Å²) in [4.78, 5) is 8.92. The van der Waals surface area contributed by atoms with Gasteiger partial charge in [-0.2, -0.15) is 0 Å². The van der Waals surface area contributed by atoms with Gasteiger partial charge in [0, 0.05) is 22.7 Å². The summed E-state index contributed by atoms with van der Waals surface area (Å²) in [5, 5.41) is 5.61. The van der Waals surface area contributed by atoms with Crippen molar-refractivity contribution in [2.45, 2.75) is 0 Å². The van der Waals surface area contributed by atoms with Gasteiger partial charge < -0.3 is 38.2 Å². The first-order valence-electron chi connectivity index (χ1n) is 22.7. The summed E-state index contributed by atoms with van der Waals surface area (Å²) in [6, 6.07) is 69.8. The minimum Gasteiger partial charge on any atom is -0.456 e. The Balaban J connectivity index is 1.08. The first-order chi connectivity index (χ1) is 33.5. The summed E-state index contributed by atoms with van der Waals surface area (Å²) >= 11 is 0. The predicted molar refractivity (Wildman–Crippen MR) is 276 cm³/mol. The highest BCUT2D eigenvalue weighted by Gasteiger charge is 2.58. The van der Waals surface area contributed by atoms with Gasteiger partial charge in [0.25, 0.3) is 0 Å². The van der Waals surface area contributed by atoms with Crippen LogP contribution >= 0.6 is 14.3 Å². The van der Waals surface area contributed by atoms with Gasteiger partial charge in [0.2, 0.25) is 0 Å². The van der Waals surface area contributed by atoms with Crippen molar-refractivity contribution in [1.82, 2.24) is 0 Å². The fourth-order valence-corrected chi connectivity index (χ4v) is 19.1. The van der Waals surface area contributed by atoms with E-state index < -0.39 is 14.3 Å². The van der Waals surface area contributed by atoms with E-state index in [2.05, 4.69) is 123 Å². The van der Waals surface area contributed by atoms with Crippen molar-refractivity contribution in [2.24, 2.45) is 0 Å². The Morgan fingerprint density at radius 2 is 0.691 bits per heavy atom. The molecule has 10 heteroatoms. The number of anilines is 12. The number of nitrogens with zero attached hydrogens (tertiary/aromatic N) is 4. The molecule has 2 atom stereocenters. The first-order valence-corrected chi connectivity index (χ1v) is 26.1. The molecule has 6 heterocycles. The number of rotatable bonds is 4. The average molecular weight is 913 g/mol. The van der Waals surface area contributed by atoms with Crippen LogP contribution in [0.3, 0.4) is 0 Å². The Kier molecular flexibility index (Phi) is 6.93. The molecular formula is C58H34N4O4P2. The van der Waals surface area contributed by atoms with Crippen LogP contribution in [0.1, 0.15) is 0 Å². The van der Waals surface area contributed by atoms with E-state index in [1.165, 1.54) is 0 Å². The maximum absolute atomic E-state index is 17.5. The van der Waals surface area contributed by atoms with Gasteiger partial charge in [-0.05, 0) is 115 Å². The van der Waals surface area contributed by atoms with Gasteiger partial charge in [0.1, 0.15) is 17.2 Å². The number of para-hydroxylation sites is 4. The molecule has 0 fully saturated rings. The fourth-order valence-electron chi connectivity index (χ4n) is 12.0. The second-order valence-electron chi connectivity index (χ2n) is 17.9. The molecule has 10 aromatic rings. The molecule has 0 saturated carbocycles. The maximum Gasteiger partial charge on any atom is 0.186 e. The van der Waals surface area contributed by atoms with E-state index in [1.807, 2.05) is 103 Å². The summed E-state index contributed by atoms with van der Waals surface area (Å²) in [5.41, 5.74) is 10.1. The van der Waals surface area contributed by atoms with E-state index >= 15 is 9.13 Å². The zero-order valence-electron chi connectivity index (χ0n) is 35.9. The Morgan fingerprint density at radius 3 is 1.18 bits per heavy atom. The third kappa shape index (κ3) is 4.30. The van der Waals surface area contributed by atoms with Gasteiger partial charge in [-0.3, -0.25) is 0 Å². The molecule has 0 aromatic heterocycles. The van der Waals surface area contributed by atoms with Gasteiger partial charge in [-0.1, -0.05) is 97.1 Å². The summed E-state index contributed by atoms with van der Waals surface area (Å²) in [5.74, 6) is 2.12. The number of hydrogen-bond donors (Lipinski definition) is 0. The lowest BCUT2D eigenvalue weighted by Gasteiger charge is -2.48. The van der Waals surface area contributed by atoms with Crippen LogP contribution in [0.2, 0.25) is 0 Å². The van der Waals surface area contributed by atoms with E-state index in [0.717, 1.165) is 83.9 Å². The Morgan fingerprint density at radius 1 is 0.309 bits per heavy atom. The quantitative estimate of drug-likeness (QED) is 0.162. The van der Waals surface area contributed by atoms with Gasteiger partial charge in [0.05, 0.1) is 82.7 Å². The van der Waals surface area contributed by atoms with Crippen molar-refractivity contribution < 1.29 is 18.6 Å². The third-order valence-corrected chi connectivity index (χ3v) is 20.9. The highest BCUT2D eigenvalue weighted by molar-refractivity contribution is 7.88. The number of fused-ring (bicyclic) bond motifs is 3. The van der Waals surface area contributed by atoms with Crippen LogP contribution in [0.4, 0.5) is 68.2 Å². The predicted octanol–water partition coefficient (Wildman–Crippen LogP) is 13.5. The summed E-state index contributed by atoms with van der Waals surface area (Å²) in [7, 11) is -7.51. The smallest absolute Gasteiger partial charge is 0.186 e. The molecule has 0 amide bonds. The fraction of sp³-hybridized carbons (Fsp3) is 0. The molecule has 320 valence electrons. The molecule has 0 radical (unpaired) electrons. The van der Waals surface area contributed by atoms with E-state index in [0.29, 0.717) is 49.9 Å². The van der Waals surface area contributed by atoms with Crippen LogP contribution in [-0.4, -0.2) is 0 Å². The van der Waals surface area contributed by atoms with Crippen molar-refractivity contribution in [3.05, 3.63) is 206 Å². The highest BCUT2D eigenvalue weighted by Crippen LogP contribution is 2.71. The zero-order chi connectivity index (χ0) is 44.6. The molecule has 0 bridgehead atoms. The molecule has 0 saturated heterocycles. The van der Waals surface area contributed by atoms with Crippen molar-refractivity contribution in [3.8, 4) is 23.0 Å². The van der Waals surface area contributed by atoms with E-state index in [9.17, 15) is 0 Å². The van der Waals surface area contributed by atoms with Crippen LogP contribution in [0.5, 0.6) is 23.0 Å². The van der Waals surface area contributed by atoms with Gasteiger partial charge in [-0.25, -0.2) is 0 Å². The molecule has 6 aliphatic rings. The number of hydrogen-bond acceptors (Lipinski definition) is 8. The lowest BCUT2D eigenvalue weighted by atomic mass is 10.0. The summed E-state index contributed by atoms with van der Waals surface area (Å²) in [6.45, 7) is 0. The first kappa shape index (κ1) is 36.9. The topological polar surface area (TPSA) is 65.6 Å². The highest BCUT2D eigenvalue weighted by atomic mass is 31.2. The lowest BCUT2D eigenvalue weighted by molar-refractivity contribution is 0.485. The Hall–Kier alpha value is -8.28. The molecule has 68 heavy (non-hydrogen) atoms. The molecular weight excluding hydrogens is 879 g/mol. The van der Waals surface area contributed by atoms with Crippen molar-refractivity contribution in [3.63, 3.8) is 0 Å². The molecule has 8 nitrogen and oxygen atoms in total. The molecule has 2 unspecified atom stereocenters. The second kappa shape index (κ2) is 12.8. The molecule has 10 aromatic carbocycles. The number of benzene rings is 10. The summed E-state index contributed by atoms with van der Waals surface area (Å²) < 4.78 is 49.6. The van der Waals surface area contributed by atoms with Crippen LogP contribution in [0, 0.1) is 0 Å². The zero-order valence-corrected chi connectivity index (χ0v) is 37.7. The minimum atomic E-state index is -3.76. The SMILES string of the molecule is O=P12c3c4cccc3N(c3ccccc3)c3cccc(c31)N(c1ccccc1)c1cc3cc5c6c(c3c(c12)O4)N(c1ccccc1)c1cccc2c1P6(=O)c1c(cccc1N2c1ccccc1)O5. The van der Waals surface area contributed by atoms with E-state index in [-0.39, 0.29) is 0 Å². The van der Waals surface area contributed by atoms with Crippen LogP contribution in [0.25, 0.3) is 10.8 Å². The van der Waals surface area contributed by atoms with Crippen LogP contribution < -0.4 is 60.9 Å². The Bertz CT molecular complexity index is 4020. The van der Waals surface area contributed by atoms with Crippen molar-refractivity contribution >= 4 is 125 Å². The minimum absolute atomic E-state index is 0.493. The van der Waals surface area contributed by atoms with E-state index in [4.69, 9.17) is 9.47 Å². The van der Waals surface area contributed by atoms with Gasteiger partial charge in [-0.15, -0.1) is 0 Å². The number of ether oxygens (including phenoxy) is 2. The standard InChI is InChI=1S/C58H34N4O4P2/c63-67-53-40-25-13-27-42(53)61(38-21-9-3-10-22-38)46-33-35-34-49-58-51(50(35)52(57(46)67)66-48-32-16-30-45(56(48)67)59(40)36-17-5-1-6-18-36)62(39-23-11-4-12-24-39)43-28-14-26-41-54(43)68(58,64)55-44(29-15-31-47(55)65-49)60(41)37-19-7-2-8-20-37/h1-34H. The lowest BCUT2D eigenvalue weighted by Crippen LogP contribution is -2.46. The Labute approximate surface area is 390 Å². The molecule has 0 N–H and O–H groups in total.